The van der Waals surface area contributed by atoms with E-state index in [2.05, 4.69) is 20.3 Å². The van der Waals surface area contributed by atoms with E-state index in [0.29, 0.717) is 25.9 Å². The number of sulfonamides is 1. The molecule has 2 amide bonds. The van der Waals surface area contributed by atoms with Crippen molar-refractivity contribution in [2.45, 2.75) is 37.2 Å². The van der Waals surface area contributed by atoms with Gasteiger partial charge in [-0.15, -0.1) is 5.10 Å². The minimum atomic E-state index is -4.23. The molecular weight excluding hydrogens is 473 g/mol. The fourth-order valence-electron chi connectivity index (χ4n) is 3.41. The standard InChI is InChI=1S/C19H20FN7O6S/c1-2-15(28)24-34(31,32)12-3-4-14(13(20)9-12)27-17-16(23-25-27)18(22-10-21-17)33-11-5-7-26(8-6-11)19(29)30/h3-4,9-11H,2,5-8H2,1H3,(H,24,28)(H,29,30). The van der Waals surface area contributed by atoms with Crippen molar-refractivity contribution >= 4 is 33.2 Å². The van der Waals surface area contributed by atoms with E-state index in [1.54, 1.807) is 0 Å². The van der Waals surface area contributed by atoms with Crippen LogP contribution >= 0.6 is 0 Å². The Morgan fingerprint density at radius 3 is 2.65 bits per heavy atom. The number of nitrogens with one attached hydrogen (secondary N) is 1. The number of halogens is 1. The Bertz CT molecular complexity index is 1350. The summed E-state index contributed by atoms with van der Waals surface area (Å²) in [6.07, 6.45) is 0.794. The van der Waals surface area contributed by atoms with Gasteiger partial charge >= 0.3 is 6.09 Å². The van der Waals surface area contributed by atoms with Gasteiger partial charge in [0.15, 0.2) is 11.2 Å². The average molecular weight is 493 g/mol. The zero-order valence-electron chi connectivity index (χ0n) is 17.9. The van der Waals surface area contributed by atoms with E-state index in [0.717, 1.165) is 16.8 Å². The number of nitrogens with zero attached hydrogens (tertiary/aromatic N) is 6. The van der Waals surface area contributed by atoms with Crippen LogP contribution in [0.4, 0.5) is 9.18 Å². The highest BCUT2D eigenvalue weighted by molar-refractivity contribution is 7.90. The fraction of sp³-hybridized carbons (Fsp3) is 0.368. The van der Waals surface area contributed by atoms with Crippen molar-refractivity contribution < 1.29 is 32.2 Å². The zero-order valence-corrected chi connectivity index (χ0v) is 18.7. The Labute approximate surface area is 192 Å². The molecule has 1 aliphatic heterocycles. The monoisotopic (exact) mass is 493 g/mol. The highest BCUT2D eigenvalue weighted by atomic mass is 32.2. The van der Waals surface area contributed by atoms with Gasteiger partial charge in [-0.25, -0.2) is 27.3 Å². The van der Waals surface area contributed by atoms with Gasteiger partial charge in [-0.3, -0.25) is 4.79 Å². The summed E-state index contributed by atoms with van der Waals surface area (Å²) in [4.78, 5) is 31.5. The van der Waals surface area contributed by atoms with Crippen molar-refractivity contribution in [3.8, 4) is 11.6 Å². The minimum Gasteiger partial charge on any atom is -0.472 e. The molecule has 0 saturated carbocycles. The number of likely N-dealkylation sites (tertiary alicyclic amines) is 1. The summed E-state index contributed by atoms with van der Waals surface area (Å²) in [6.45, 7) is 2.13. The summed E-state index contributed by atoms with van der Waals surface area (Å²) in [7, 11) is -4.23. The maximum atomic E-state index is 14.9. The van der Waals surface area contributed by atoms with Gasteiger partial charge in [0.25, 0.3) is 10.0 Å². The Kier molecular flexibility index (Phi) is 6.28. The van der Waals surface area contributed by atoms with Crippen LogP contribution in [-0.2, 0) is 14.8 Å². The minimum absolute atomic E-state index is 0.0481. The number of carbonyl (C=O) groups is 2. The Balaban J connectivity index is 1.59. The predicted octanol–water partition coefficient (Wildman–Crippen LogP) is 1.09. The van der Waals surface area contributed by atoms with Crippen molar-refractivity contribution in [3.05, 3.63) is 30.3 Å². The van der Waals surface area contributed by atoms with Crippen LogP contribution in [0.5, 0.6) is 5.88 Å². The number of benzene rings is 1. The molecule has 2 aromatic heterocycles. The maximum absolute atomic E-state index is 14.9. The molecule has 13 nitrogen and oxygen atoms in total. The molecule has 3 heterocycles. The highest BCUT2D eigenvalue weighted by Gasteiger charge is 2.26. The molecule has 1 saturated heterocycles. The quantitative estimate of drug-likeness (QED) is 0.507. The summed E-state index contributed by atoms with van der Waals surface area (Å²) in [5, 5.41) is 17.0. The van der Waals surface area contributed by atoms with Crippen LogP contribution < -0.4 is 9.46 Å². The summed E-state index contributed by atoms with van der Waals surface area (Å²) in [5.41, 5.74) is 0.166. The van der Waals surface area contributed by atoms with Gasteiger partial charge in [0.1, 0.15) is 23.9 Å². The number of amides is 2. The van der Waals surface area contributed by atoms with Crippen molar-refractivity contribution in [3.63, 3.8) is 0 Å². The Morgan fingerprint density at radius 1 is 1.26 bits per heavy atom. The van der Waals surface area contributed by atoms with Gasteiger partial charge in [-0.05, 0) is 18.2 Å². The second-order valence-corrected chi connectivity index (χ2v) is 9.12. The summed E-state index contributed by atoms with van der Waals surface area (Å²) >= 11 is 0. The van der Waals surface area contributed by atoms with E-state index in [9.17, 15) is 22.4 Å². The number of hydrogen-bond acceptors (Lipinski definition) is 9. The number of fused-ring (bicyclic) bond motifs is 1. The fourth-order valence-corrected chi connectivity index (χ4v) is 4.47. The molecule has 15 heteroatoms. The molecule has 0 unspecified atom stereocenters. The van der Waals surface area contributed by atoms with Gasteiger partial charge in [0.2, 0.25) is 11.8 Å². The van der Waals surface area contributed by atoms with Crippen molar-refractivity contribution in [2.75, 3.05) is 13.1 Å². The molecule has 4 rings (SSSR count). The van der Waals surface area contributed by atoms with Gasteiger partial charge in [0, 0.05) is 32.4 Å². The van der Waals surface area contributed by atoms with Gasteiger partial charge < -0.3 is 14.7 Å². The second-order valence-electron chi connectivity index (χ2n) is 7.43. The maximum Gasteiger partial charge on any atom is 0.407 e. The van der Waals surface area contributed by atoms with E-state index >= 15 is 0 Å². The lowest BCUT2D eigenvalue weighted by Crippen LogP contribution is -2.41. The van der Waals surface area contributed by atoms with E-state index in [-0.39, 0.29) is 35.3 Å². The molecule has 180 valence electrons. The number of ether oxygens (including phenoxy) is 1. The first-order valence-electron chi connectivity index (χ1n) is 10.3. The molecule has 0 radical (unpaired) electrons. The van der Waals surface area contributed by atoms with E-state index in [1.165, 1.54) is 24.2 Å². The third-order valence-corrected chi connectivity index (χ3v) is 6.59. The third-order valence-electron chi connectivity index (χ3n) is 5.22. The molecule has 1 aliphatic rings. The van der Waals surface area contributed by atoms with Gasteiger partial charge in [0.05, 0.1) is 4.90 Å². The SMILES string of the molecule is CCC(=O)NS(=O)(=O)c1ccc(-n2nnc3c(OC4CCN(C(=O)O)CC4)ncnc32)c(F)c1. The lowest BCUT2D eigenvalue weighted by molar-refractivity contribution is -0.119. The van der Waals surface area contributed by atoms with Crippen LogP contribution in [0.3, 0.4) is 0 Å². The zero-order chi connectivity index (χ0) is 24.5. The average Bonchev–Trinajstić information content (AvgIpc) is 3.24. The topological polar surface area (TPSA) is 170 Å². The molecule has 1 aromatic carbocycles. The highest BCUT2D eigenvalue weighted by Crippen LogP contribution is 2.26. The van der Waals surface area contributed by atoms with Crippen LogP contribution in [0, 0.1) is 5.82 Å². The Hall–Kier alpha value is -3.88. The number of piperidine rings is 1. The van der Waals surface area contributed by atoms with Crippen LogP contribution in [0.1, 0.15) is 26.2 Å². The smallest absolute Gasteiger partial charge is 0.407 e. The van der Waals surface area contributed by atoms with Crippen molar-refractivity contribution in [1.29, 1.82) is 0 Å². The molecule has 0 aliphatic carbocycles. The molecule has 0 bridgehead atoms. The first kappa shape index (κ1) is 23.3. The Morgan fingerprint density at radius 2 is 2.00 bits per heavy atom. The molecule has 0 atom stereocenters. The normalized spacial score (nSPS) is 14.8. The van der Waals surface area contributed by atoms with Crippen molar-refractivity contribution in [1.82, 2.24) is 34.6 Å². The molecule has 1 fully saturated rings. The number of aromatic nitrogens is 5. The predicted molar refractivity (Wildman–Crippen MR) is 113 cm³/mol. The third kappa shape index (κ3) is 4.59. The van der Waals surface area contributed by atoms with Gasteiger partial charge in [-0.2, -0.15) is 9.67 Å². The largest absolute Gasteiger partial charge is 0.472 e. The summed E-state index contributed by atoms with van der Waals surface area (Å²) in [6, 6.07) is 3.08. The second kappa shape index (κ2) is 9.17. The van der Waals surface area contributed by atoms with E-state index < -0.39 is 32.7 Å². The van der Waals surface area contributed by atoms with Crippen molar-refractivity contribution in [2.24, 2.45) is 0 Å². The molecule has 0 spiro atoms. The molecule has 3 aromatic rings. The lowest BCUT2D eigenvalue weighted by atomic mass is 10.1. The summed E-state index contributed by atoms with van der Waals surface area (Å²) < 4.78 is 48.2. The first-order chi connectivity index (χ1) is 16.2. The number of carbonyl (C=O) groups excluding carboxylic acids is 1. The van der Waals surface area contributed by atoms with Crippen LogP contribution in [0.25, 0.3) is 16.9 Å². The lowest BCUT2D eigenvalue weighted by Gasteiger charge is -2.29. The van der Waals surface area contributed by atoms with Crippen LogP contribution in [0.15, 0.2) is 29.4 Å². The van der Waals surface area contributed by atoms with E-state index in [1.807, 2.05) is 4.72 Å². The molecule has 34 heavy (non-hydrogen) atoms. The van der Waals surface area contributed by atoms with Gasteiger partial charge in [-0.1, -0.05) is 12.1 Å². The van der Waals surface area contributed by atoms with Crippen LogP contribution in [0.2, 0.25) is 0 Å². The molecule has 2 N–H and O–H groups in total. The first-order valence-corrected chi connectivity index (χ1v) is 11.7. The summed E-state index contributed by atoms with van der Waals surface area (Å²) in [5.74, 6) is -1.53. The number of hydrogen-bond donors (Lipinski definition) is 2. The van der Waals surface area contributed by atoms with E-state index in [4.69, 9.17) is 9.84 Å². The number of carboxylic acid groups (broad SMARTS) is 1. The molecular formula is C19H20FN7O6S. The van der Waals surface area contributed by atoms with Crippen LogP contribution in [-0.4, -0.2) is 74.6 Å². The number of rotatable bonds is 6.